The summed E-state index contributed by atoms with van der Waals surface area (Å²) in [5, 5.41) is 9.26. The normalized spacial score (nSPS) is 10.5. The van der Waals surface area contributed by atoms with Gasteiger partial charge in [0, 0.05) is 25.0 Å². The summed E-state index contributed by atoms with van der Waals surface area (Å²) in [6, 6.07) is 0. The lowest BCUT2D eigenvalue weighted by Crippen LogP contribution is -2.33. The van der Waals surface area contributed by atoms with E-state index in [9.17, 15) is 9.59 Å². The van der Waals surface area contributed by atoms with E-state index in [0.717, 1.165) is 17.5 Å². The van der Waals surface area contributed by atoms with Crippen LogP contribution in [-0.2, 0) is 16.1 Å². The van der Waals surface area contributed by atoms with Crippen molar-refractivity contribution in [1.29, 1.82) is 0 Å². The molecule has 0 aliphatic heterocycles. The van der Waals surface area contributed by atoms with Crippen LogP contribution in [0.5, 0.6) is 0 Å². The van der Waals surface area contributed by atoms with Crippen molar-refractivity contribution in [2.24, 2.45) is 0 Å². The van der Waals surface area contributed by atoms with E-state index in [1.54, 1.807) is 15.7 Å². The van der Waals surface area contributed by atoms with Crippen molar-refractivity contribution in [2.45, 2.75) is 32.5 Å². The zero-order valence-corrected chi connectivity index (χ0v) is 12.2. The number of aromatic nitrogens is 2. The van der Waals surface area contributed by atoms with E-state index in [1.165, 1.54) is 0 Å². The van der Waals surface area contributed by atoms with E-state index in [2.05, 4.69) is 4.98 Å². The molecular formula is C12H19N3O3S. The molecule has 0 fully saturated rings. The molecule has 1 aromatic heterocycles. The van der Waals surface area contributed by atoms with Crippen LogP contribution in [0.15, 0.2) is 11.4 Å². The third-order valence-corrected chi connectivity index (χ3v) is 3.73. The average molecular weight is 285 g/mol. The largest absolute Gasteiger partial charge is 0.481 e. The Morgan fingerprint density at radius 2 is 2.05 bits per heavy atom. The number of likely N-dealkylation sites (N-methyl/N-ethyl adjacent to an activating group) is 1. The standard InChI is InChI=1S/C12H19N3O3S/c1-4-14(5-2)10(16)7-15-9(3)6-13-12(15)19-8-11(17)18/h6H,4-5,7-8H2,1-3H3,(H,17,18). The van der Waals surface area contributed by atoms with Gasteiger partial charge in [-0.25, -0.2) is 4.98 Å². The summed E-state index contributed by atoms with van der Waals surface area (Å²) in [6.07, 6.45) is 1.65. The predicted octanol–water partition coefficient (Wildman–Crippen LogP) is 1.24. The average Bonchev–Trinajstić information content (AvgIpc) is 2.70. The Morgan fingerprint density at radius 3 is 2.58 bits per heavy atom. The van der Waals surface area contributed by atoms with E-state index < -0.39 is 5.97 Å². The fourth-order valence-corrected chi connectivity index (χ4v) is 2.43. The minimum Gasteiger partial charge on any atom is -0.481 e. The smallest absolute Gasteiger partial charge is 0.313 e. The first-order chi connectivity index (χ1) is 8.99. The number of carboxylic acids is 1. The second-order valence-corrected chi connectivity index (χ2v) is 4.96. The van der Waals surface area contributed by atoms with Crippen LogP contribution in [0.2, 0.25) is 0 Å². The fourth-order valence-electron chi connectivity index (χ4n) is 1.68. The van der Waals surface area contributed by atoms with Crippen LogP contribution in [0, 0.1) is 6.92 Å². The number of aryl methyl sites for hydroxylation is 1. The third-order valence-electron chi connectivity index (χ3n) is 2.75. The van der Waals surface area contributed by atoms with Crippen LogP contribution >= 0.6 is 11.8 Å². The lowest BCUT2D eigenvalue weighted by Gasteiger charge is -2.19. The van der Waals surface area contributed by atoms with Gasteiger partial charge in [-0.15, -0.1) is 0 Å². The van der Waals surface area contributed by atoms with E-state index in [0.29, 0.717) is 18.2 Å². The number of carboxylic acid groups (broad SMARTS) is 1. The zero-order valence-electron chi connectivity index (χ0n) is 11.4. The molecule has 0 radical (unpaired) electrons. The summed E-state index contributed by atoms with van der Waals surface area (Å²) in [4.78, 5) is 28.5. The van der Waals surface area contributed by atoms with Gasteiger partial charge in [0.2, 0.25) is 5.91 Å². The van der Waals surface area contributed by atoms with Crippen LogP contribution in [0.3, 0.4) is 0 Å². The predicted molar refractivity (Wildman–Crippen MR) is 73.3 cm³/mol. The number of thioether (sulfide) groups is 1. The van der Waals surface area contributed by atoms with Gasteiger partial charge in [0.25, 0.3) is 0 Å². The first kappa shape index (κ1) is 15.6. The van der Waals surface area contributed by atoms with E-state index in [1.807, 2.05) is 20.8 Å². The molecule has 1 rings (SSSR count). The maximum absolute atomic E-state index is 12.1. The molecule has 0 aliphatic carbocycles. The van der Waals surface area contributed by atoms with Gasteiger partial charge < -0.3 is 14.6 Å². The molecule has 0 aromatic carbocycles. The summed E-state index contributed by atoms with van der Waals surface area (Å²) in [5.41, 5.74) is 0.855. The Kier molecular flexibility index (Phi) is 5.88. The molecule has 0 unspecified atom stereocenters. The monoisotopic (exact) mass is 285 g/mol. The topological polar surface area (TPSA) is 75.4 Å². The molecule has 6 nitrogen and oxygen atoms in total. The highest BCUT2D eigenvalue weighted by Crippen LogP contribution is 2.18. The van der Waals surface area contributed by atoms with Crippen LogP contribution in [-0.4, -0.2) is 50.3 Å². The second-order valence-electron chi connectivity index (χ2n) is 4.02. The minimum atomic E-state index is -0.896. The first-order valence-electron chi connectivity index (χ1n) is 6.14. The molecule has 1 N–H and O–H groups in total. The summed E-state index contributed by atoms with van der Waals surface area (Å²) in [6.45, 7) is 7.26. The number of carbonyl (C=O) groups excluding carboxylic acids is 1. The minimum absolute atomic E-state index is 0.0169. The van der Waals surface area contributed by atoms with Gasteiger partial charge in [-0.05, 0) is 20.8 Å². The number of rotatable bonds is 7. The maximum Gasteiger partial charge on any atom is 0.313 e. The molecular weight excluding hydrogens is 266 g/mol. The molecule has 1 aromatic rings. The Bertz CT molecular complexity index is 455. The highest BCUT2D eigenvalue weighted by atomic mass is 32.2. The first-order valence-corrected chi connectivity index (χ1v) is 7.12. The second kappa shape index (κ2) is 7.18. The van der Waals surface area contributed by atoms with Crippen LogP contribution in [0.25, 0.3) is 0 Å². The molecule has 0 spiro atoms. The highest BCUT2D eigenvalue weighted by Gasteiger charge is 2.15. The van der Waals surface area contributed by atoms with E-state index >= 15 is 0 Å². The molecule has 1 amide bonds. The fraction of sp³-hybridized carbons (Fsp3) is 0.583. The molecule has 0 atom stereocenters. The van der Waals surface area contributed by atoms with Crippen molar-refractivity contribution >= 4 is 23.6 Å². The van der Waals surface area contributed by atoms with Crippen molar-refractivity contribution in [2.75, 3.05) is 18.8 Å². The van der Waals surface area contributed by atoms with Crippen LogP contribution in [0.4, 0.5) is 0 Å². The summed E-state index contributed by atoms with van der Waals surface area (Å²) < 4.78 is 1.76. The maximum atomic E-state index is 12.1. The van der Waals surface area contributed by atoms with Gasteiger partial charge >= 0.3 is 5.97 Å². The summed E-state index contributed by atoms with van der Waals surface area (Å²) >= 11 is 1.13. The van der Waals surface area contributed by atoms with Crippen molar-refractivity contribution in [3.8, 4) is 0 Å². The Labute approximate surface area is 116 Å². The quantitative estimate of drug-likeness (QED) is 0.763. The van der Waals surface area contributed by atoms with Gasteiger partial charge in [-0.3, -0.25) is 9.59 Å². The summed E-state index contributed by atoms with van der Waals surface area (Å²) in [5.74, 6) is -0.939. The van der Waals surface area contributed by atoms with E-state index in [4.69, 9.17) is 5.11 Å². The SMILES string of the molecule is CCN(CC)C(=O)Cn1c(C)cnc1SCC(=O)O. The summed E-state index contributed by atoms with van der Waals surface area (Å²) in [7, 11) is 0. The highest BCUT2D eigenvalue weighted by molar-refractivity contribution is 7.99. The Hall–Kier alpha value is -1.50. The number of hydrogen-bond acceptors (Lipinski definition) is 4. The third kappa shape index (κ3) is 4.27. The van der Waals surface area contributed by atoms with Gasteiger partial charge in [-0.2, -0.15) is 0 Å². The molecule has 19 heavy (non-hydrogen) atoms. The van der Waals surface area contributed by atoms with Gasteiger partial charge in [0.1, 0.15) is 6.54 Å². The van der Waals surface area contributed by atoms with Crippen molar-refractivity contribution in [3.05, 3.63) is 11.9 Å². The van der Waals surface area contributed by atoms with E-state index in [-0.39, 0.29) is 18.2 Å². The Balaban J connectivity index is 2.79. The number of imidazole rings is 1. The zero-order chi connectivity index (χ0) is 14.4. The number of carbonyl (C=O) groups is 2. The molecule has 106 valence electrons. The molecule has 0 saturated carbocycles. The molecule has 0 aliphatic rings. The van der Waals surface area contributed by atoms with Crippen LogP contribution < -0.4 is 0 Å². The molecule has 7 heteroatoms. The molecule has 0 bridgehead atoms. The van der Waals surface area contributed by atoms with Crippen molar-refractivity contribution in [1.82, 2.24) is 14.5 Å². The Morgan fingerprint density at radius 1 is 1.42 bits per heavy atom. The molecule has 0 saturated heterocycles. The van der Waals surface area contributed by atoms with Crippen molar-refractivity contribution in [3.63, 3.8) is 0 Å². The van der Waals surface area contributed by atoms with Gasteiger partial charge in [0.15, 0.2) is 5.16 Å². The number of amides is 1. The van der Waals surface area contributed by atoms with Gasteiger partial charge in [-0.1, -0.05) is 11.8 Å². The van der Waals surface area contributed by atoms with Gasteiger partial charge in [0.05, 0.1) is 5.75 Å². The van der Waals surface area contributed by atoms with Crippen molar-refractivity contribution < 1.29 is 14.7 Å². The number of hydrogen-bond donors (Lipinski definition) is 1. The number of aliphatic carboxylic acids is 1. The lowest BCUT2D eigenvalue weighted by atomic mass is 10.4. The van der Waals surface area contributed by atoms with Crippen LogP contribution in [0.1, 0.15) is 19.5 Å². The number of nitrogens with zero attached hydrogens (tertiary/aromatic N) is 3. The lowest BCUT2D eigenvalue weighted by molar-refractivity contribution is -0.134. The molecule has 1 heterocycles.